The van der Waals surface area contributed by atoms with Gasteiger partial charge in [-0.25, -0.2) is 0 Å². The van der Waals surface area contributed by atoms with Gasteiger partial charge in [0.15, 0.2) is 11.5 Å². The van der Waals surface area contributed by atoms with Crippen LogP contribution in [0.25, 0.3) is 0 Å². The van der Waals surface area contributed by atoms with Gasteiger partial charge in [0.25, 0.3) is 0 Å². The van der Waals surface area contributed by atoms with Crippen LogP contribution in [0.3, 0.4) is 0 Å². The summed E-state index contributed by atoms with van der Waals surface area (Å²) in [5.41, 5.74) is 0.825. The first-order valence-corrected chi connectivity index (χ1v) is 8.44. The van der Waals surface area contributed by atoms with Gasteiger partial charge in [-0.15, -0.1) is 0 Å². The zero-order chi connectivity index (χ0) is 16.1. The summed E-state index contributed by atoms with van der Waals surface area (Å²) in [6.07, 6.45) is 0. The third-order valence-corrected chi connectivity index (χ3v) is 4.69. The van der Waals surface area contributed by atoms with Crippen LogP contribution in [0.5, 0.6) is 17.2 Å². The second-order valence-corrected chi connectivity index (χ2v) is 6.32. The van der Waals surface area contributed by atoms with Crippen molar-refractivity contribution in [3.05, 3.63) is 17.7 Å². The Bertz CT molecular complexity index is 546. The van der Waals surface area contributed by atoms with Crippen LogP contribution in [-0.2, 0) is 4.79 Å². The van der Waals surface area contributed by atoms with Crippen LogP contribution in [0.2, 0.25) is 0 Å². The molecule has 0 saturated carbocycles. The standard InChI is InChI=1S/C15H19NO4S2/c1-10(17)20-14-12(18-2)8-11(9-13(14)19-3)15(21)16-4-6-22-7-5-16/h8-9H,4-7H2,1-3H3. The predicted molar refractivity (Wildman–Crippen MR) is 91.5 cm³/mol. The van der Waals surface area contributed by atoms with Crippen LogP contribution in [0, 0.1) is 0 Å². The van der Waals surface area contributed by atoms with E-state index in [-0.39, 0.29) is 5.75 Å². The number of rotatable bonds is 4. The number of ether oxygens (including phenoxy) is 3. The van der Waals surface area contributed by atoms with E-state index in [2.05, 4.69) is 4.90 Å². The highest BCUT2D eigenvalue weighted by atomic mass is 32.2. The molecule has 120 valence electrons. The molecule has 0 atom stereocenters. The molecule has 0 radical (unpaired) electrons. The summed E-state index contributed by atoms with van der Waals surface area (Å²) in [6, 6.07) is 3.57. The van der Waals surface area contributed by atoms with E-state index in [0.29, 0.717) is 11.5 Å². The van der Waals surface area contributed by atoms with Crippen LogP contribution in [-0.4, -0.2) is 54.7 Å². The predicted octanol–water partition coefficient (Wildman–Crippen LogP) is 2.35. The number of nitrogens with zero attached hydrogens (tertiary/aromatic N) is 1. The van der Waals surface area contributed by atoms with E-state index in [9.17, 15) is 4.79 Å². The number of esters is 1. The van der Waals surface area contributed by atoms with Crippen molar-refractivity contribution in [1.82, 2.24) is 4.90 Å². The minimum absolute atomic E-state index is 0.276. The molecule has 0 unspecified atom stereocenters. The van der Waals surface area contributed by atoms with Gasteiger partial charge in [-0.1, -0.05) is 12.2 Å². The molecule has 0 bridgehead atoms. The average Bonchev–Trinajstić information content (AvgIpc) is 2.54. The fourth-order valence-electron chi connectivity index (χ4n) is 2.20. The topological polar surface area (TPSA) is 48.0 Å². The number of carbonyl (C=O) groups is 1. The molecule has 5 nitrogen and oxygen atoms in total. The molecule has 1 aliphatic rings. The van der Waals surface area contributed by atoms with Gasteiger partial charge < -0.3 is 19.1 Å². The molecule has 1 aromatic carbocycles. The van der Waals surface area contributed by atoms with Crippen molar-refractivity contribution < 1.29 is 19.0 Å². The second kappa shape index (κ2) is 7.69. The van der Waals surface area contributed by atoms with Crippen LogP contribution in [0.4, 0.5) is 0 Å². The van der Waals surface area contributed by atoms with Crippen molar-refractivity contribution in [2.24, 2.45) is 0 Å². The highest BCUT2D eigenvalue weighted by Gasteiger charge is 2.21. The van der Waals surface area contributed by atoms with Crippen LogP contribution in [0.15, 0.2) is 12.1 Å². The number of hydrogen-bond donors (Lipinski definition) is 0. The normalized spacial score (nSPS) is 14.4. The van der Waals surface area contributed by atoms with Gasteiger partial charge in [-0.3, -0.25) is 4.79 Å². The summed E-state index contributed by atoms with van der Waals surface area (Å²) >= 11 is 7.51. The van der Waals surface area contributed by atoms with Crippen molar-refractivity contribution in [2.45, 2.75) is 6.92 Å². The Balaban J connectivity index is 2.36. The molecule has 1 saturated heterocycles. The lowest BCUT2D eigenvalue weighted by Gasteiger charge is -2.29. The Kier molecular flexibility index (Phi) is 5.90. The Hall–Kier alpha value is -1.47. The summed E-state index contributed by atoms with van der Waals surface area (Å²) in [6.45, 7) is 3.20. The largest absolute Gasteiger partial charge is 0.493 e. The van der Waals surface area contributed by atoms with Crippen molar-refractivity contribution in [1.29, 1.82) is 0 Å². The van der Waals surface area contributed by atoms with E-state index in [4.69, 9.17) is 26.4 Å². The maximum atomic E-state index is 11.2. The van der Waals surface area contributed by atoms with E-state index in [1.54, 1.807) is 12.1 Å². The minimum Gasteiger partial charge on any atom is -0.493 e. The fourth-order valence-corrected chi connectivity index (χ4v) is 3.40. The molecule has 1 heterocycles. The third-order valence-electron chi connectivity index (χ3n) is 3.25. The lowest BCUT2D eigenvalue weighted by molar-refractivity contribution is -0.132. The maximum absolute atomic E-state index is 11.2. The molecular formula is C15H19NO4S2. The summed E-state index contributed by atoms with van der Waals surface area (Å²) in [4.78, 5) is 14.2. The van der Waals surface area contributed by atoms with Gasteiger partial charge in [-0.2, -0.15) is 11.8 Å². The van der Waals surface area contributed by atoms with Gasteiger partial charge in [0, 0.05) is 37.1 Å². The molecule has 0 spiro atoms. The Labute approximate surface area is 139 Å². The van der Waals surface area contributed by atoms with Crippen molar-refractivity contribution in [2.75, 3.05) is 38.8 Å². The Morgan fingerprint density at radius 3 is 2.18 bits per heavy atom. The number of benzene rings is 1. The molecule has 1 aromatic rings. The molecule has 0 N–H and O–H groups in total. The van der Waals surface area contributed by atoms with E-state index < -0.39 is 5.97 Å². The zero-order valence-corrected chi connectivity index (χ0v) is 14.5. The summed E-state index contributed by atoms with van der Waals surface area (Å²) < 4.78 is 15.8. The van der Waals surface area contributed by atoms with E-state index in [1.807, 2.05) is 11.8 Å². The number of thioether (sulfide) groups is 1. The van der Waals surface area contributed by atoms with Crippen molar-refractivity contribution in [3.63, 3.8) is 0 Å². The van der Waals surface area contributed by atoms with E-state index in [1.165, 1.54) is 21.1 Å². The molecule has 1 aliphatic heterocycles. The quantitative estimate of drug-likeness (QED) is 0.473. The second-order valence-electron chi connectivity index (χ2n) is 4.71. The minimum atomic E-state index is -0.431. The first-order chi connectivity index (χ1) is 10.6. The molecule has 0 aliphatic carbocycles. The average molecular weight is 341 g/mol. The first kappa shape index (κ1) is 16.9. The summed E-state index contributed by atoms with van der Waals surface area (Å²) in [7, 11) is 3.04. The molecular weight excluding hydrogens is 322 g/mol. The van der Waals surface area contributed by atoms with Gasteiger partial charge in [0.05, 0.1) is 14.2 Å². The monoisotopic (exact) mass is 341 g/mol. The SMILES string of the molecule is COc1cc(C(=S)N2CCSCC2)cc(OC)c1OC(C)=O. The third kappa shape index (κ3) is 3.84. The molecule has 1 fully saturated rings. The Morgan fingerprint density at radius 2 is 1.73 bits per heavy atom. The van der Waals surface area contributed by atoms with Crippen molar-refractivity contribution >= 4 is 34.9 Å². The number of hydrogen-bond acceptors (Lipinski definition) is 6. The first-order valence-electron chi connectivity index (χ1n) is 6.88. The number of methoxy groups -OCH3 is 2. The molecule has 0 amide bonds. The molecule has 7 heteroatoms. The Morgan fingerprint density at radius 1 is 1.18 bits per heavy atom. The molecule has 0 aromatic heterocycles. The lowest BCUT2D eigenvalue weighted by atomic mass is 10.1. The lowest BCUT2D eigenvalue weighted by Crippen LogP contribution is -2.37. The maximum Gasteiger partial charge on any atom is 0.308 e. The summed E-state index contributed by atoms with van der Waals surface area (Å²) in [5.74, 6) is 2.84. The highest BCUT2D eigenvalue weighted by Crippen LogP contribution is 2.39. The molecule has 2 rings (SSSR count). The summed E-state index contributed by atoms with van der Waals surface area (Å²) in [5, 5.41) is 0. The molecule has 22 heavy (non-hydrogen) atoms. The van der Waals surface area contributed by atoms with Gasteiger partial charge in [0.2, 0.25) is 5.75 Å². The van der Waals surface area contributed by atoms with Crippen LogP contribution < -0.4 is 14.2 Å². The van der Waals surface area contributed by atoms with Gasteiger partial charge >= 0.3 is 5.97 Å². The van der Waals surface area contributed by atoms with E-state index in [0.717, 1.165) is 35.1 Å². The number of carbonyl (C=O) groups excluding carboxylic acids is 1. The fraction of sp³-hybridized carbons (Fsp3) is 0.467. The smallest absolute Gasteiger partial charge is 0.308 e. The van der Waals surface area contributed by atoms with Gasteiger partial charge in [-0.05, 0) is 12.1 Å². The van der Waals surface area contributed by atoms with Crippen LogP contribution >= 0.6 is 24.0 Å². The van der Waals surface area contributed by atoms with Crippen molar-refractivity contribution in [3.8, 4) is 17.2 Å². The zero-order valence-electron chi connectivity index (χ0n) is 12.9. The van der Waals surface area contributed by atoms with Gasteiger partial charge in [0.1, 0.15) is 4.99 Å². The van der Waals surface area contributed by atoms with Crippen LogP contribution in [0.1, 0.15) is 12.5 Å². The van der Waals surface area contributed by atoms with E-state index >= 15 is 0 Å². The number of thiocarbonyl (C=S) groups is 1. The highest BCUT2D eigenvalue weighted by molar-refractivity contribution is 7.99.